The maximum absolute atomic E-state index is 12.4. The summed E-state index contributed by atoms with van der Waals surface area (Å²) in [6.45, 7) is 0. The minimum atomic E-state index is -0.527. The summed E-state index contributed by atoms with van der Waals surface area (Å²) in [5, 5.41) is 3.92. The van der Waals surface area contributed by atoms with E-state index < -0.39 is 5.97 Å². The molecule has 3 aromatic rings. The number of carbonyl (C=O) groups excluding carboxylic acids is 2. The maximum Gasteiger partial charge on any atom is 0.343 e. The van der Waals surface area contributed by atoms with Crippen LogP contribution in [0.3, 0.4) is 0 Å². The highest BCUT2D eigenvalue weighted by Gasteiger charge is 2.13. The lowest BCUT2D eigenvalue weighted by Gasteiger charge is -2.10. The van der Waals surface area contributed by atoms with Gasteiger partial charge in [0.2, 0.25) is 0 Å². The van der Waals surface area contributed by atoms with Gasteiger partial charge in [0.25, 0.3) is 5.91 Å². The monoisotopic (exact) mass is 405 g/mol. The van der Waals surface area contributed by atoms with Gasteiger partial charge in [0.1, 0.15) is 5.75 Å². The molecule has 0 unspecified atom stereocenters. The van der Waals surface area contributed by atoms with Gasteiger partial charge < -0.3 is 14.2 Å². The number of hydrogen-bond acceptors (Lipinski definition) is 7. The summed E-state index contributed by atoms with van der Waals surface area (Å²) >= 11 is 0. The van der Waals surface area contributed by atoms with Crippen LogP contribution in [-0.2, 0) is 0 Å². The highest BCUT2D eigenvalue weighted by atomic mass is 16.6. The predicted octanol–water partition coefficient (Wildman–Crippen LogP) is 3.08. The van der Waals surface area contributed by atoms with Crippen molar-refractivity contribution in [3.8, 4) is 17.2 Å². The molecular formula is C22H19N3O5. The van der Waals surface area contributed by atoms with Gasteiger partial charge in [-0.05, 0) is 60.2 Å². The Morgan fingerprint density at radius 1 is 0.967 bits per heavy atom. The normalized spacial score (nSPS) is 10.5. The van der Waals surface area contributed by atoms with Crippen molar-refractivity contribution in [2.45, 2.75) is 0 Å². The number of hydrogen-bond donors (Lipinski definition) is 1. The summed E-state index contributed by atoms with van der Waals surface area (Å²) in [4.78, 5) is 28.2. The van der Waals surface area contributed by atoms with Gasteiger partial charge in [-0.15, -0.1) is 0 Å². The number of nitrogens with one attached hydrogen (secondary N) is 1. The molecule has 0 fully saturated rings. The lowest BCUT2D eigenvalue weighted by molar-refractivity contribution is 0.0729. The summed E-state index contributed by atoms with van der Waals surface area (Å²) in [6, 6.07) is 14.8. The Morgan fingerprint density at radius 2 is 1.77 bits per heavy atom. The first-order valence-electron chi connectivity index (χ1n) is 8.88. The van der Waals surface area contributed by atoms with Gasteiger partial charge in [-0.25, -0.2) is 10.2 Å². The first kappa shape index (κ1) is 20.5. The summed E-state index contributed by atoms with van der Waals surface area (Å²) in [5.74, 6) is 0.343. The second kappa shape index (κ2) is 9.83. The van der Waals surface area contributed by atoms with E-state index in [2.05, 4.69) is 15.5 Å². The number of esters is 1. The van der Waals surface area contributed by atoms with Crippen molar-refractivity contribution < 1.29 is 23.8 Å². The molecule has 8 nitrogen and oxygen atoms in total. The molecule has 30 heavy (non-hydrogen) atoms. The molecule has 0 spiro atoms. The molecule has 3 rings (SSSR count). The van der Waals surface area contributed by atoms with Crippen LogP contribution in [0.5, 0.6) is 17.2 Å². The highest BCUT2D eigenvalue weighted by Crippen LogP contribution is 2.28. The van der Waals surface area contributed by atoms with Crippen LogP contribution < -0.4 is 19.6 Å². The number of aromatic nitrogens is 1. The van der Waals surface area contributed by atoms with Crippen molar-refractivity contribution >= 4 is 18.1 Å². The van der Waals surface area contributed by atoms with Gasteiger partial charge in [-0.3, -0.25) is 9.78 Å². The summed E-state index contributed by atoms with van der Waals surface area (Å²) in [5.41, 5.74) is 3.83. The number of nitrogens with zero attached hydrogens (tertiary/aromatic N) is 2. The van der Waals surface area contributed by atoms with E-state index in [0.29, 0.717) is 28.2 Å². The van der Waals surface area contributed by atoms with Crippen LogP contribution in [0.2, 0.25) is 0 Å². The molecular weight excluding hydrogens is 386 g/mol. The van der Waals surface area contributed by atoms with Crippen LogP contribution in [-0.4, -0.2) is 37.3 Å². The molecule has 2 aromatic carbocycles. The van der Waals surface area contributed by atoms with Crippen molar-refractivity contribution in [1.29, 1.82) is 0 Å². The van der Waals surface area contributed by atoms with Gasteiger partial charge in [0, 0.05) is 12.4 Å². The number of ether oxygens (including phenoxy) is 3. The molecule has 0 radical (unpaired) electrons. The molecule has 1 aromatic heterocycles. The minimum absolute atomic E-state index is 0.259. The number of carbonyl (C=O) groups is 2. The lowest BCUT2D eigenvalue weighted by atomic mass is 10.2. The lowest BCUT2D eigenvalue weighted by Crippen LogP contribution is -2.17. The van der Waals surface area contributed by atoms with Crippen molar-refractivity contribution in [2.24, 2.45) is 5.10 Å². The molecule has 1 amide bonds. The van der Waals surface area contributed by atoms with E-state index in [1.54, 1.807) is 67.9 Å². The van der Waals surface area contributed by atoms with E-state index in [1.807, 2.05) is 0 Å². The number of pyridine rings is 1. The van der Waals surface area contributed by atoms with Crippen molar-refractivity contribution in [2.75, 3.05) is 14.2 Å². The van der Waals surface area contributed by atoms with Crippen LogP contribution in [0.15, 0.2) is 72.1 Å². The molecule has 0 bridgehead atoms. The standard InChI is InChI=1S/C22H19N3O5/c1-28-18-8-6-16(7-9-18)22(27)30-19-10-5-15(12-20(19)29-2)13-24-25-21(26)17-4-3-11-23-14-17/h3-14H,1-2H3,(H,25,26)/b24-13-. The van der Waals surface area contributed by atoms with Gasteiger partial charge in [-0.1, -0.05) is 0 Å². The third-order valence-corrected chi connectivity index (χ3v) is 4.02. The van der Waals surface area contributed by atoms with Gasteiger partial charge in [0.15, 0.2) is 11.5 Å². The second-order valence-electron chi connectivity index (χ2n) is 5.97. The third kappa shape index (κ3) is 5.20. The number of methoxy groups -OCH3 is 2. The first-order chi connectivity index (χ1) is 14.6. The molecule has 0 aliphatic rings. The van der Waals surface area contributed by atoms with E-state index in [1.165, 1.54) is 19.5 Å². The first-order valence-corrected chi connectivity index (χ1v) is 8.88. The van der Waals surface area contributed by atoms with E-state index in [9.17, 15) is 9.59 Å². The third-order valence-electron chi connectivity index (χ3n) is 4.02. The van der Waals surface area contributed by atoms with E-state index in [4.69, 9.17) is 14.2 Å². The molecule has 0 aliphatic heterocycles. The Hall–Kier alpha value is -4.20. The van der Waals surface area contributed by atoms with Gasteiger partial charge >= 0.3 is 5.97 Å². The van der Waals surface area contributed by atoms with E-state index in [-0.39, 0.29) is 11.7 Å². The van der Waals surface area contributed by atoms with Crippen LogP contribution >= 0.6 is 0 Å². The number of rotatable bonds is 7. The Bertz CT molecular complexity index is 1050. The highest BCUT2D eigenvalue weighted by molar-refractivity contribution is 5.94. The number of hydrazone groups is 1. The maximum atomic E-state index is 12.4. The minimum Gasteiger partial charge on any atom is -0.497 e. The smallest absolute Gasteiger partial charge is 0.343 e. The SMILES string of the molecule is COc1ccc(C(=O)Oc2ccc(/C=N\NC(=O)c3cccnc3)cc2OC)cc1. The van der Waals surface area contributed by atoms with Crippen molar-refractivity contribution in [3.63, 3.8) is 0 Å². The van der Waals surface area contributed by atoms with Crippen molar-refractivity contribution in [1.82, 2.24) is 10.4 Å². The van der Waals surface area contributed by atoms with Gasteiger partial charge in [0.05, 0.1) is 31.6 Å². The fourth-order valence-corrected chi connectivity index (χ4v) is 2.46. The molecule has 152 valence electrons. The molecule has 0 aliphatic carbocycles. The molecule has 0 atom stereocenters. The van der Waals surface area contributed by atoms with Gasteiger partial charge in [-0.2, -0.15) is 5.10 Å². The predicted molar refractivity (Wildman–Crippen MR) is 110 cm³/mol. The fraction of sp³-hybridized carbons (Fsp3) is 0.0909. The summed E-state index contributed by atoms with van der Waals surface area (Å²) in [7, 11) is 3.01. The fourth-order valence-electron chi connectivity index (χ4n) is 2.46. The largest absolute Gasteiger partial charge is 0.497 e. The zero-order valence-corrected chi connectivity index (χ0v) is 16.4. The number of amides is 1. The van der Waals surface area contributed by atoms with E-state index in [0.717, 1.165) is 0 Å². The Balaban J connectivity index is 1.66. The average Bonchev–Trinajstić information content (AvgIpc) is 2.80. The zero-order valence-electron chi connectivity index (χ0n) is 16.4. The zero-order chi connectivity index (χ0) is 21.3. The molecule has 0 saturated heterocycles. The van der Waals surface area contributed by atoms with Crippen LogP contribution in [0, 0.1) is 0 Å². The average molecular weight is 405 g/mol. The molecule has 8 heteroatoms. The molecule has 1 N–H and O–H groups in total. The van der Waals surface area contributed by atoms with Crippen LogP contribution in [0.25, 0.3) is 0 Å². The van der Waals surface area contributed by atoms with E-state index >= 15 is 0 Å². The summed E-state index contributed by atoms with van der Waals surface area (Å²) < 4.78 is 15.8. The molecule has 0 saturated carbocycles. The second-order valence-corrected chi connectivity index (χ2v) is 5.97. The Morgan fingerprint density at radius 3 is 2.43 bits per heavy atom. The van der Waals surface area contributed by atoms with Crippen molar-refractivity contribution in [3.05, 3.63) is 83.7 Å². The number of benzene rings is 2. The van der Waals surface area contributed by atoms with Crippen LogP contribution in [0.1, 0.15) is 26.3 Å². The topological polar surface area (TPSA) is 99.1 Å². The Kier molecular flexibility index (Phi) is 6.73. The molecule has 1 heterocycles. The Labute approximate surface area is 173 Å². The quantitative estimate of drug-likeness (QED) is 0.281. The van der Waals surface area contributed by atoms with Crippen LogP contribution in [0.4, 0.5) is 0 Å². The summed E-state index contributed by atoms with van der Waals surface area (Å²) in [6.07, 6.45) is 4.47.